The minimum atomic E-state index is -0.968. The lowest BCUT2D eigenvalue weighted by Gasteiger charge is -2.35. The quantitative estimate of drug-likeness (QED) is 0.241. The molecule has 0 aromatic heterocycles. The van der Waals surface area contributed by atoms with Crippen molar-refractivity contribution < 1.29 is 24.0 Å². The molecule has 2 saturated heterocycles. The fourth-order valence-corrected chi connectivity index (χ4v) is 8.91. The standard InChI is InChI=1S/C38H52N6O5S/c1-23(25-12-8-6-9-13-25)33(45)40-27-16-18-28(19-17-27)41-35(47)31(26-14-10-7-11-15-26)43-36(48)32-38(3,4)22-30-44(32)37(49)29(20-21-50-30)42-34(46)24(2)39-5/h6-15,23-24,27-32,39H,16-22H2,1-5H3,(H,40,45)(H,41,47)(H,42,46)(H,43,48)/t23-,24-,27-,28-,29-,30?,31+,32+/m0/s1. The van der Waals surface area contributed by atoms with Gasteiger partial charge in [0.15, 0.2) is 0 Å². The number of nitrogens with zero attached hydrogens (tertiary/aromatic N) is 1. The number of fused-ring (bicyclic) bond motifs is 1. The van der Waals surface area contributed by atoms with Crippen molar-refractivity contribution in [1.82, 2.24) is 31.5 Å². The highest BCUT2D eigenvalue weighted by molar-refractivity contribution is 7.99. The van der Waals surface area contributed by atoms with E-state index in [4.69, 9.17) is 0 Å². The van der Waals surface area contributed by atoms with Crippen LogP contribution in [0.4, 0.5) is 0 Å². The van der Waals surface area contributed by atoms with E-state index in [1.54, 1.807) is 30.6 Å². The Morgan fingerprint density at radius 3 is 1.92 bits per heavy atom. The van der Waals surface area contributed by atoms with Gasteiger partial charge in [0.1, 0.15) is 18.1 Å². The number of nitrogens with one attached hydrogen (secondary N) is 5. The Hall–Kier alpha value is -3.90. The van der Waals surface area contributed by atoms with Crippen LogP contribution in [0.1, 0.15) is 89.3 Å². The van der Waals surface area contributed by atoms with Gasteiger partial charge in [-0.15, -0.1) is 11.8 Å². The summed E-state index contributed by atoms with van der Waals surface area (Å²) in [6, 6.07) is 15.8. The Labute approximate surface area is 299 Å². The number of hydrogen-bond donors (Lipinski definition) is 5. The topological polar surface area (TPSA) is 149 Å². The van der Waals surface area contributed by atoms with Crippen LogP contribution >= 0.6 is 11.8 Å². The highest BCUT2D eigenvalue weighted by Gasteiger charge is 2.55. The molecule has 3 fully saturated rings. The van der Waals surface area contributed by atoms with Crippen LogP contribution in [0.25, 0.3) is 0 Å². The Kier molecular flexibility index (Phi) is 12.3. The summed E-state index contributed by atoms with van der Waals surface area (Å²) in [6.07, 6.45) is 3.95. The number of thioether (sulfide) groups is 1. The zero-order valence-electron chi connectivity index (χ0n) is 29.7. The second kappa shape index (κ2) is 16.4. The summed E-state index contributed by atoms with van der Waals surface area (Å²) in [5.41, 5.74) is 1.05. The first-order valence-electron chi connectivity index (χ1n) is 17.8. The monoisotopic (exact) mass is 704 g/mol. The van der Waals surface area contributed by atoms with Crippen LogP contribution in [0.3, 0.4) is 0 Å². The maximum Gasteiger partial charge on any atom is 0.247 e. The zero-order chi connectivity index (χ0) is 36.0. The number of likely N-dealkylation sites (N-methyl/N-ethyl adjacent to an activating group) is 1. The number of benzene rings is 2. The normalized spacial score (nSPS) is 26.4. The molecular formula is C38H52N6O5S. The molecule has 0 bridgehead atoms. The van der Waals surface area contributed by atoms with E-state index < -0.39 is 35.5 Å². The van der Waals surface area contributed by atoms with Crippen LogP contribution in [-0.4, -0.2) is 82.8 Å². The molecular weight excluding hydrogens is 653 g/mol. The predicted octanol–water partition coefficient (Wildman–Crippen LogP) is 3.37. The molecule has 12 heteroatoms. The average Bonchev–Trinajstić information content (AvgIpc) is 3.31. The third-order valence-electron chi connectivity index (χ3n) is 10.5. The minimum absolute atomic E-state index is 0.00451. The molecule has 5 amide bonds. The molecule has 2 heterocycles. The first-order chi connectivity index (χ1) is 23.9. The lowest BCUT2D eigenvalue weighted by molar-refractivity contribution is -0.144. The molecule has 0 radical (unpaired) electrons. The summed E-state index contributed by atoms with van der Waals surface area (Å²) in [7, 11) is 1.69. The van der Waals surface area contributed by atoms with Gasteiger partial charge in [-0.3, -0.25) is 24.0 Å². The Morgan fingerprint density at radius 1 is 0.780 bits per heavy atom. The summed E-state index contributed by atoms with van der Waals surface area (Å²) < 4.78 is 0. The third kappa shape index (κ3) is 8.69. The van der Waals surface area contributed by atoms with Crippen LogP contribution in [0.15, 0.2) is 60.7 Å². The van der Waals surface area contributed by atoms with E-state index in [-0.39, 0.29) is 47.0 Å². The van der Waals surface area contributed by atoms with Crippen LogP contribution in [-0.2, 0) is 24.0 Å². The summed E-state index contributed by atoms with van der Waals surface area (Å²) in [5, 5.41) is 15.0. The highest BCUT2D eigenvalue weighted by atomic mass is 32.2. The van der Waals surface area contributed by atoms with Crippen LogP contribution in [0.2, 0.25) is 0 Å². The number of rotatable bonds is 11. The molecule has 5 N–H and O–H groups in total. The number of amides is 5. The second-order valence-electron chi connectivity index (χ2n) is 14.6. The molecule has 3 aliphatic rings. The van der Waals surface area contributed by atoms with Crippen LogP contribution < -0.4 is 26.6 Å². The number of carbonyl (C=O) groups is 5. The Balaban J connectivity index is 1.25. The van der Waals surface area contributed by atoms with Gasteiger partial charge in [-0.25, -0.2) is 0 Å². The van der Waals surface area contributed by atoms with Crippen molar-refractivity contribution in [2.75, 3.05) is 12.8 Å². The Bertz CT molecular complexity index is 1520. The number of hydrogen-bond acceptors (Lipinski definition) is 7. The summed E-state index contributed by atoms with van der Waals surface area (Å²) in [4.78, 5) is 69.6. The van der Waals surface area contributed by atoms with E-state index in [0.717, 1.165) is 18.4 Å². The first kappa shape index (κ1) is 37.4. The van der Waals surface area contributed by atoms with Crippen molar-refractivity contribution in [2.24, 2.45) is 5.41 Å². The van der Waals surface area contributed by atoms with Crippen molar-refractivity contribution in [3.8, 4) is 0 Å². The van der Waals surface area contributed by atoms with E-state index in [0.29, 0.717) is 37.0 Å². The van der Waals surface area contributed by atoms with Crippen molar-refractivity contribution >= 4 is 41.3 Å². The van der Waals surface area contributed by atoms with Crippen LogP contribution in [0.5, 0.6) is 0 Å². The van der Waals surface area contributed by atoms with E-state index in [2.05, 4.69) is 26.6 Å². The molecule has 2 aliphatic heterocycles. The van der Waals surface area contributed by atoms with Crippen molar-refractivity contribution in [2.45, 2.75) is 114 Å². The first-order valence-corrected chi connectivity index (χ1v) is 18.9. The van der Waals surface area contributed by atoms with E-state index in [9.17, 15) is 24.0 Å². The SMILES string of the molecule is CN[C@@H](C)C(=O)N[C@H]1CCSC2CC(C)(C)[C@@H](C(=O)N[C@@H](C(=O)N[C@H]3CC[C@H](NC(=O)[C@@H](C)c4ccccc4)CC3)c3ccccc3)N2C1=O. The van der Waals surface area contributed by atoms with Crippen molar-refractivity contribution in [3.63, 3.8) is 0 Å². The van der Waals surface area contributed by atoms with Gasteiger partial charge in [0.05, 0.1) is 17.3 Å². The van der Waals surface area contributed by atoms with Crippen molar-refractivity contribution in [1.29, 1.82) is 0 Å². The predicted molar refractivity (Wildman–Crippen MR) is 195 cm³/mol. The fraction of sp³-hybridized carbons (Fsp3) is 0.553. The summed E-state index contributed by atoms with van der Waals surface area (Å²) in [6.45, 7) is 7.59. The molecule has 2 aromatic carbocycles. The minimum Gasteiger partial charge on any atom is -0.353 e. The number of carbonyl (C=O) groups excluding carboxylic acids is 5. The van der Waals surface area contributed by atoms with Gasteiger partial charge in [0, 0.05) is 12.1 Å². The molecule has 0 spiro atoms. The molecule has 11 nitrogen and oxygen atoms in total. The maximum absolute atomic E-state index is 14.3. The van der Waals surface area contributed by atoms with E-state index >= 15 is 0 Å². The molecule has 1 unspecified atom stereocenters. The molecule has 2 aromatic rings. The third-order valence-corrected chi connectivity index (χ3v) is 11.7. The van der Waals surface area contributed by atoms with Gasteiger partial charge < -0.3 is 31.5 Å². The average molecular weight is 705 g/mol. The van der Waals surface area contributed by atoms with E-state index in [1.165, 1.54) is 0 Å². The smallest absolute Gasteiger partial charge is 0.247 e. The van der Waals surface area contributed by atoms with Gasteiger partial charge in [-0.1, -0.05) is 74.5 Å². The van der Waals surface area contributed by atoms with Crippen LogP contribution in [0, 0.1) is 5.41 Å². The fourth-order valence-electron chi connectivity index (χ4n) is 7.33. The largest absolute Gasteiger partial charge is 0.353 e. The highest BCUT2D eigenvalue weighted by Crippen LogP contribution is 2.46. The lowest BCUT2D eigenvalue weighted by atomic mass is 9.83. The summed E-state index contributed by atoms with van der Waals surface area (Å²) >= 11 is 1.63. The molecule has 5 rings (SSSR count). The van der Waals surface area contributed by atoms with Gasteiger partial charge in [0.2, 0.25) is 29.5 Å². The van der Waals surface area contributed by atoms with Crippen molar-refractivity contribution in [3.05, 3.63) is 71.8 Å². The van der Waals surface area contributed by atoms with Gasteiger partial charge >= 0.3 is 0 Å². The lowest BCUT2D eigenvalue weighted by Crippen LogP contribution is -2.58. The zero-order valence-corrected chi connectivity index (χ0v) is 30.6. The molecule has 270 valence electrons. The molecule has 1 saturated carbocycles. The van der Waals surface area contributed by atoms with Gasteiger partial charge in [-0.2, -0.15) is 0 Å². The maximum atomic E-state index is 14.3. The van der Waals surface area contributed by atoms with E-state index in [1.807, 2.05) is 81.4 Å². The van der Waals surface area contributed by atoms with Gasteiger partial charge in [0.25, 0.3) is 0 Å². The summed E-state index contributed by atoms with van der Waals surface area (Å²) in [5.74, 6) is -0.842. The molecule has 50 heavy (non-hydrogen) atoms. The van der Waals surface area contributed by atoms with Gasteiger partial charge in [-0.05, 0) is 81.7 Å². The Morgan fingerprint density at radius 2 is 1.34 bits per heavy atom. The second-order valence-corrected chi connectivity index (χ2v) is 15.9. The molecule has 6 atom stereocenters. The molecule has 1 aliphatic carbocycles.